The Morgan fingerprint density at radius 1 is 1.25 bits per heavy atom. The van der Waals surface area contributed by atoms with Gasteiger partial charge in [0.05, 0.1) is 5.92 Å². The summed E-state index contributed by atoms with van der Waals surface area (Å²) in [4.78, 5) is 12.4. The van der Waals surface area contributed by atoms with Crippen LogP contribution in [-0.2, 0) is 4.79 Å². The molecule has 2 N–H and O–H groups in total. The highest BCUT2D eigenvalue weighted by Gasteiger charge is 2.33. The fourth-order valence-corrected chi connectivity index (χ4v) is 3.74. The summed E-state index contributed by atoms with van der Waals surface area (Å²) in [6.07, 6.45) is 5.93. The molecule has 4 heteroatoms. The topological polar surface area (TPSA) is 41.1 Å². The minimum atomic E-state index is 0. The van der Waals surface area contributed by atoms with E-state index in [0.29, 0.717) is 17.9 Å². The summed E-state index contributed by atoms with van der Waals surface area (Å²) >= 11 is 0. The van der Waals surface area contributed by atoms with E-state index in [1.54, 1.807) is 0 Å². The van der Waals surface area contributed by atoms with Gasteiger partial charge in [0.15, 0.2) is 0 Å². The van der Waals surface area contributed by atoms with E-state index in [0.717, 1.165) is 38.3 Å². The van der Waals surface area contributed by atoms with E-state index in [1.807, 2.05) is 0 Å². The second-order valence-corrected chi connectivity index (χ2v) is 6.98. The van der Waals surface area contributed by atoms with Gasteiger partial charge in [0.1, 0.15) is 0 Å². The lowest BCUT2D eigenvalue weighted by atomic mass is 9.74. The van der Waals surface area contributed by atoms with Crippen molar-refractivity contribution in [2.45, 2.75) is 58.9 Å². The number of hydrogen-bond acceptors (Lipinski definition) is 2. The summed E-state index contributed by atoms with van der Waals surface area (Å²) in [5.41, 5.74) is 0. The smallest absolute Gasteiger partial charge is 0.224 e. The van der Waals surface area contributed by atoms with Crippen molar-refractivity contribution in [3.05, 3.63) is 0 Å². The van der Waals surface area contributed by atoms with E-state index >= 15 is 0 Å². The molecule has 0 radical (unpaired) electrons. The number of amides is 1. The Hall–Kier alpha value is -0.280. The Balaban J connectivity index is 0.00000200. The minimum absolute atomic E-state index is 0. The fraction of sp³-hybridized carbons (Fsp3) is 0.938. The monoisotopic (exact) mass is 302 g/mol. The van der Waals surface area contributed by atoms with Crippen LogP contribution in [0.2, 0.25) is 0 Å². The molecule has 1 amide bonds. The first-order valence-corrected chi connectivity index (χ1v) is 8.09. The fourth-order valence-electron chi connectivity index (χ4n) is 3.74. The number of hydrogen-bond donors (Lipinski definition) is 2. The maximum absolute atomic E-state index is 12.4. The van der Waals surface area contributed by atoms with Gasteiger partial charge in [-0.05, 0) is 50.0 Å². The van der Waals surface area contributed by atoms with Gasteiger partial charge in [-0.3, -0.25) is 4.79 Å². The maximum Gasteiger partial charge on any atom is 0.224 e. The van der Waals surface area contributed by atoms with Crippen molar-refractivity contribution >= 4 is 18.3 Å². The van der Waals surface area contributed by atoms with Crippen LogP contribution in [0.15, 0.2) is 0 Å². The zero-order valence-corrected chi connectivity index (χ0v) is 14.0. The average molecular weight is 303 g/mol. The second kappa shape index (κ2) is 8.23. The summed E-state index contributed by atoms with van der Waals surface area (Å²) in [5, 5.41) is 6.71. The molecule has 2 rings (SSSR count). The first-order valence-electron chi connectivity index (χ1n) is 8.09. The number of piperidine rings is 1. The highest BCUT2D eigenvalue weighted by Crippen LogP contribution is 2.33. The molecule has 2 fully saturated rings. The molecule has 0 spiro atoms. The molecule has 3 nitrogen and oxygen atoms in total. The number of nitrogens with one attached hydrogen (secondary N) is 2. The van der Waals surface area contributed by atoms with Crippen LogP contribution in [-0.4, -0.2) is 25.0 Å². The van der Waals surface area contributed by atoms with Crippen molar-refractivity contribution in [3.63, 3.8) is 0 Å². The van der Waals surface area contributed by atoms with Crippen molar-refractivity contribution in [2.24, 2.45) is 23.7 Å². The molecule has 0 aromatic heterocycles. The number of carbonyl (C=O) groups is 1. The molecule has 4 atom stereocenters. The number of rotatable bonds is 3. The largest absolute Gasteiger partial charge is 0.353 e. The molecule has 3 unspecified atom stereocenters. The third-order valence-corrected chi connectivity index (χ3v) is 5.02. The van der Waals surface area contributed by atoms with Crippen molar-refractivity contribution in [3.8, 4) is 0 Å². The predicted octanol–water partition coefficient (Wildman–Crippen LogP) is 2.98. The molecule has 1 heterocycles. The summed E-state index contributed by atoms with van der Waals surface area (Å²) in [6, 6.07) is 0.401. The Bertz CT molecular complexity index is 303. The van der Waals surface area contributed by atoms with Gasteiger partial charge in [0, 0.05) is 12.6 Å². The van der Waals surface area contributed by atoms with Gasteiger partial charge in [-0.2, -0.15) is 0 Å². The van der Waals surface area contributed by atoms with Crippen LogP contribution >= 0.6 is 12.4 Å². The molecule has 0 aromatic rings. The van der Waals surface area contributed by atoms with Crippen LogP contribution in [0.4, 0.5) is 0 Å². The van der Waals surface area contributed by atoms with Crippen LogP contribution in [0.5, 0.6) is 0 Å². The second-order valence-electron chi connectivity index (χ2n) is 6.98. The Morgan fingerprint density at radius 3 is 2.60 bits per heavy atom. The summed E-state index contributed by atoms with van der Waals surface area (Å²) < 4.78 is 0. The molecule has 118 valence electrons. The SMILES string of the molecule is CC1CCC(C(C)C)C(NC(=O)[C@@H]2CCCNC2)C1.Cl. The lowest BCUT2D eigenvalue weighted by Gasteiger charge is -2.38. The highest BCUT2D eigenvalue weighted by atomic mass is 35.5. The normalized spacial score (nSPS) is 34.4. The minimum Gasteiger partial charge on any atom is -0.353 e. The van der Waals surface area contributed by atoms with Crippen LogP contribution in [0.25, 0.3) is 0 Å². The molecular weight excluding hydrogens is 272 g/mol. The van der Waals surface area contributed by atoms with Crippen LogP contribution in [0.1, 0.15) is 52.9 Å². The molecular formula is C16H31ClN2O. The van der Waals surface area contributed by atoms with E-state index in [9.17, 15) is 4.79 Å². The zero-order chi connectivity index (χ0) is 13.8. The van der Waals surface area contributed by atoms with Gasteiger partial charge in [0.25, 0.3) is 0 Å². The van der Waals surface area contributed by atoms with Crippen molar-refractivity contribution in [1.82, 2.24) is 10.6 Å². The van der Waals surface area contributed by atoms with E-state index in [1.165, 1.54) is 12.8 Å². The van der Waals surface area contributed by atoms with Gasteiger partial charge in [0.2, 0.25) is 5.91 Å². The zero-order valence-electron chi connectivity index (χ0n) is 13.2. The van der Waals surface area contributed by atoms with Gasteiger partial charge >= 0.3 is 0 Å². The molecule has 0 aromatic carbocycles. The van der Waals surface area contributed by atoms with E-state index < -0.39 is 0 Å². The van der Waals surface area contributed by atoms with E-state index in [4.69, 9.17) is 0 Å². The third kappa shape index (κ3) is 4.63. The average Bonchev–Trinajstić information content (AvgIpc) is 2.39. The Labute approximate surface area is 130 Å². The first-order chi connectivity index (χ1) is 9.08. The summed E-state index contributed by atoms with van der Waals surface area (Å²) in [5.74, 6) is 2.57. The number of carbonyl (C=O) groups excluding carboxylic acids is 1. The van der Waals surface area contributed by atoms with Crippen molar-refractivity contribution in [2.75, 3.05) is 13.1 Å². The van der Waals surface area contributed by atoms with Gasteiger partial charge in [-0.1, -0.05) is 27.2 Å². The quantitative estimate of drug-likeness (QED) is 0.841. The molecule has 2 aliphatic rings. The molecule has 1 saturated carbocycles. The van der Waals surface area contributed by atoms with Crippen molar-refractivity contribution in [1.29, 1.82) is 0 Å². The first kappa shape index (κ1) is 17.8. The van der Waals surface area contributed by atoms with Crippen LogP contribution in [0, 0.1) is 23.7 Å². The Morgan fingerprint density at radius 2 is 2.00 bits per heavy atom. The van der Waals surface area contributed by atoms with Gasteiger partial charge in [-0.25, -0.2) is 0 Å². The van der Waals surface area contributed by atoms with Crippen LogP contribution in [0.3, 0.4) is 0 Å². The van der Waals surface area contributed by atoms with Gasteiger partial charge < -0.3 is 10.6 Å². The van der Waals surface area contributed by atoms with Crippen LogP contribution < -0.4 is 10.6 Å². The predicted molar refractivity (Wildman–Crippen MR) is 86.1 cm³/mol. The molecule has 20 heavy (non-hydrogen) atoms. The molecule has 1 aliphatic carbocycles. The third-order valence-electron chi connectivity index (χ3n) is 5.02. The molecule has 1 saturated heterocycles. The summed E-state index contributed by atoms with van der Waals surface area (Å²) in [7, 11) is 0. The lowest BCUT2D eigenvalue weighted by Crippen LogP contribution is -2.49. The molecule has 1 aliphatic heterocycles. The van der Waals surface area contributed by atoms with Gasteiger partial charge in [-0.15, -0.1) is 12.4 Å². The van der Waals surface area contributed by atoms with Crippen molar-refractivity contribution < 1.29 is 4.79 Å². The highest BCUT2D eigenvalue weighted by molar-refractivity contribution is 5.85. The summed E-state index contributed by atoms with van der Waals surface area (Å²) in [6.45, 7) is 8.83. The molecule has 0 bridgehead atoms. The number of halogens is 1. The maximum atomic E-state index is 12.4. The lowest BCUT2D eigenvalue weighted by molar-refractivity contribution is -0.127. The van der Waals surface area contributed by atoms with E-state index in [2.05, 4.69) is 31.4 Å². The standard InChI is InChI=1S/C16H30N2O.ClH/c1-11(2)14-7-6-12(3)9-15(14)18-16(19)13-5-4-8-17-10-13;/h11-15,17H,4-10H2,1-3H3,(H,18,19);1H/t12?,13-,14?,15?;/m1./s1. The van der Waals surface area contributed by atoms with E-state index in [-0.39, 0.29) is 24.2 Å². The Kier molecular flexibility index (Phi) is 7.32.